The van der Waals surface area contributed by atoms with Crippen molar-refractivity contribution in [2.75, 3.05) is 5.73 Å². The molecule has 0 aliphatic heterocycles. The van der Waals surface area contributed by atoms with Crippen molar-refractivity contribution in [2.24, 2.45) is 0 Å². The van der Waals surface area contributed by atoms with Crippen LogP contribution in [0.2, 0.25) is 0 Å². The van der Waals surface area contributed by atoms with E-state index >= 15 is 0 Å². The second kappa shape index (κ2) is 4.07. The number of hydrogen-bond acceptors (Lipinski definition) is 5. The van der Waals surface area contributed by atoms with Gasteiger partial charge in [0, 0.05) is 6.07 Å². The van der Waals surface area contributed by atoms with Crippen LogP contribution in [-0.2, 0) is 0 Å². The number of hydrogen-bond donors (Lipinski definition) is 1. The maximum Gasteiger partial charge on any atom is 0.328 e. The Kier molecular flexibility index (Phi) is 2.85. The Hall–Kier alpha value is -2.60. The monoisotopic (exact) mass is 207 g/mol. The Morgan fingerprint density at radius 2 is 2.40 bits per heavy atom. The van der Waals surface area contributed by atoms with Crippen LogP contribution >= 0.6 is 0 Å². The van der Waals surface area contributed by atoms with Gasteiger partial charge in [-0.15, -0.1) is 0 Å². The summed E-state index contributed by atoms with van der Waals surface area (Å²) < 4.78 is 0. The third-order valence-corrected chi connectivity index (χ3v) is 1.56. The van der Waals surface area contributed by atoms with Crippen LogP contribution in [0.3, 0.4) is 0 Å². The van der Waals surface area contributed by atoms with Crippen molar-refractivity contribution in [1.29, 1.82) is 0 Å². The van der Waals surface area contributed by atoms with E-state index in [4.69, 9.17) is 11.3 Å². The molecule has 8 nitrogen and oxygen atoms in total. The smallest absolute Gasteiger partial charge is 0.328 e. The molecule has 76 valence electrons. The number of nitro groups is 1. The maximum absolute atomic E-state index is 11.2. The average molecular weight is 207 g/mol. The molecule has 1 aromatic rings. The number of pyridine rings is 1. The number of nitrogens with two attached hydrogens (primary N) is 1. The first-order valence-electron chi connectivity index (χ1n) is 3.68. The molecule has 2 N–H and O–H groups in total. The first-order valence-corrected chi connectivity index (χ1v) is 3.68. The lowest BCUT2D eigenvalue weighted by molar-refractivity contribution is -0.385. The summed E-state index contributed by atoms with van der Waals surface area (Å²) in [5.41, 5.74) is 12.9. The third-order valence-electron chi connectivity index (χ3n) is 1.56. The van der Waals surface area contributed by atoms with Crippen LogP contribution < -0.4 is 5.73 Å². The lowest BCUT2D eigenvalue weighted by atomic mass is 10.1. The van der Waals surface area contributed by atoms with Gasteiger partial charge in [0.1, 0.15) is 12.0 Å². The highest BCUT2D eigenvalue weighted by molar-refractivity contribution is 6.34. The maximum atomic E-state index is 11.2. The van der Waals surface area contributed by atoms with E-state index in [-0.39, 0.29) is 17.1 Å². The molecule has 1 rings (SSSR count). The highest BCUT2D eigenvalue weighted by atomic mass is 16.6. The van der Waals surface area contributed by atoms with Crippen LogP contribution in [0.15, 0.2) is 12.3 Å². The summed E-state index contributed by atoms with van der Waals surface area (Å²) in [5, 5.41) is 10.4. The summed E-state index contributed by atoms with van der Waals surface area (Å²) in [5.74, 6) is -0.920. The number of anilines is 1. The third kappa shape index (κ3) is 2.20. The molecule has 0 aliphatic carbocycles. The molecular formula is C7H5N5O3. The molecule has 0 aromatic carbocycles. The number of ketones is 1. The Morgan fingerprint density at radius 3 is 2.93 bits per heavy atom. The SMILES string of the molecule is [N-]=[N+]=CC(=O)c1cc([N+](=O)[O-])cnc1N. The van der Waals surface area contributed by atoms with E-state index in [0.29, 0.717) is 6.21 Å². The predicted molar refractivity (Wildman–Crippen MR) is 49.3 cm³/mol. The number of carbonyl (C=O) groups is 1. The van der Waals surface area contributed by atoms with Crippen LogP contribution in [0.5, 0.6) is 0 Å². The molecule has 15 heavy (non-hydrogen) atoms. The van der Waals surface area contributed by atoms with Crippen molar-refractivity contribution in [3.05, 3.63) is 33.5 Å². The normalized spacial score (nSPS) is 9.07. The van der Waals surface area contributed by atoms with Crippen molar-refractivity contribution in [3.8, 4) is 0 Å². The van der Waals surface area contributed by atoms with Crippen LogP contribution in [0.25, 0.3) is 5.53 Å². The quantitative estimate of drug-likeness (QED) is 0.186. The molecule has 0 fully saturated rings. The molecule has 0 saturated heterocycles. The molecule has 0 aliphatic rings. The molecule has 1 aromatic heterocycles. The zero-order valence-corrected chi connectivity index (χ0v) is 7.32. The van der Waals surface area contributed by atoms with Gasteiger partial charge in [0.05, 0.1) is 10.5 Å². The van der Waals surface area contributed by atoms with Crippen LogP contribution in [0.4, 0.5) is 11.5 Å². The molecule has 0 unspecified atom stereocenters. The van der Waals surface area contributed by atoms with Crippen molar-refractivity contribution >= 4 is 23.5 Å². The standard InChI is InChI=1S/C7H5N5O3/c8-7-5(6(13)3-11-9)1-4(2-10-7)12(14)15/h1-3H,(H2,8,10). The largest absolute Gasteiger partial charge is 0.383 e. The summed E-state index contributed by atoms with van der Waals surface area (Å²) >= 11 is 0. The minimum absolute atomic E-state index is 0.162. The molecule has 0 spiro atoms. The van der Waals surface area contributed by atoms with Crippen LogP contribution in [0, 0.1) is 10.1 Å². The number of carbonyl (C=O) groups excluding carboxylic acids is 1. The summed E-state index contributed by atoms with van der Waals surface area (Å²) in [4.78, 5) is 26.8. The van der Waals surface area contributed by atoms with E-state index < -0.39 is 10.7 Å². The van der Waals surface area contributed by atoms with Gasteiger partial charge < -0.3 is 11.3 Å². The van der Waals surface area contributed by atoms with E-state index in [1.165, 1.54) is 0 Å². The van der Waals surface area contributed by atoms with E-state index in [1.54, 1.807) is 0 Å². The molecule has 0 radical (unpaired) electrons. The topological polar surface area (TPSA) is 136 Å². The predicted octanol–water partition coefficient (Wildman–Crippen LogP) is 0.0553. The highest BCUT2D eigenvalue weighted by Crippen LogP contribution is 2.16. The molecule has 0 atom stereocenters. The number of Topliss-reactive ketones (excluding diaryl/α,β-unsaturated/α-hetero) is 1. The molecule has 8 heteroatoms. The van der Waals surface area contributed by atoms with Gasteiger partial charge in [-0.3, -0.25) is 14.9 Å². The van der Waals surface area contributed by atoms with Crippen LogP contribution in [0.1, 0.15) is 10.4 Å². The van der Waals surface area contributed by atoms with E-state index in [9.17, 15) is 14.9 Å². The summed E-state index contributed by atoms with van der Waals surface area (Å²) in [7, 11) is 0. The van der Waals surface area contributed by atoms with Crippen molar-refractivity contribution in [3.63, 3.8) is 0 Å². The zero-order valence-electron chi connectivity index (χ0n) is 7.32. The highest BCUT2D eigenvalue weighted by Gasteiger charge is 2.17. The van der Waals surface area contributed by atoms with Crippen LogP contribution in [-0.4, -0.2) is 26.7 Å². The number of nitrogen functional groups attached to an aromatic ring is 1. The molecular weight excluding hydrogens is 202 g/mol. The zero-order chi connectivity index (χ0) is 11.4. The fourth-order valence-corrected chi connectivity index (χ4v) is 0.883. The average Bonchev–Trinajstić information content (AvgIpc) is 2.18. The second-order valence-corrected chi connectivity index (χ2v) is 2.49. The Bertz CT molecular complexity index is 478. The van der Waals surface area contributed by atoms with Gasteiger partial charge in [0.15, 0.2) is 0 Å². The number of nitrogens with zero attached hydrogens (tertiary/aromatic N) is 4. The summed E-state index contributed by atoms with van der Waals surface area (Å²) in [6, 6.07) is 0.965. The van der Waals surface area contributed by atoms with Crippen molar-refractivity contribution < 1.29 is 14.5 Å². The molecule has 1 heterocycles. The Balaban J connectivity index is 3.27. The lowest BCUT2D eigenvalue weighted by Gasteiger charge is -1.97. The molecule has 0 bridgehead atoms. The Labute approximate surface area is 83.1 Å². The number of rotatable bonds is 3. The van der Waals surface area contributed by atoms with Gasteiger partial charge in [-0.1, -0.05) is 0 Å². The van der Waals surface area contributed by atoms with Gasteiger partial charge >= 0.3 is 6.21 Å². The summed E-state index contributed by atoms with van der Waals surface area (Å²) in [6.07, 6.45) is 1.51. The minimum atomic E-state index is -0.758. The number of aromatic nitrogens is 1. The van der Waals surface area contributed by atoms with Crippen molar-refractivity contribution in [2.45, 2.75) is 0 Å². The first kappa shape index (κ1) is 10.5. The van der Waals surface area contributed by atoms with Gasteiger partial charge in [0.2, 0.25) is 0 Å². The van der Waals surface area contributed by atoms with Gasteiger partial charge in [-0.25, -0.2) is 4.98 Å². The minimum Gasteiger partial charge on any atom is -0.383 e. The van der Waals surface area contributed by atoms with Gasteiger partial charge in [-0.2, -0.15) is 4.79 Å². The summed E-state index contributed by atoms with van der Waals surface area (Å²) in [6.45, 7) is 0. The van der Waals surface area contributed by atoms with Gasteiger partial charge in [-0.05, 0) is 0 Å². The lowest BCUT2D eigenvalue weighted by Crippen LogP contribution is -2.08. The van der Waals surface area contributed by atoms with E-state index in [0.717, 1.165) is 12.3 Å². The van der Waals surface area contributed by atoms with E-state index in [1.807, 2.05) is 0 Å². The van der Waals surface area contributed by atoms with Gasteiger partial charge in [0.25, 0.3) is 11.5 Å². The van der Waals surface area contributed by atoms with Crippen molar-refractivity contribution in [1.82, 2.24) is 4.98 Å². The Morgan fingerprint density at radius 1 is 1.73 bits per heavy atom. The molecule has 0 amide bonds. The molecule has 0 saturated carbocycles. The second-order valence-electron chi connectivity index (χ2n) is 2.49. The van der Waals surface area contributed by atoms with E-state index in [2.05, 4.69) is 9.77 Å². The fourth-order valence-electron chi connectivity index (χ4n) is 0.883. The fraction of sp³-hybridized carbons (Fsp3) is 0. The first-order chi connectivity index (χ1) is 7.06.